The third-order valence-electron chi connectivity index (χ3n) is 3.19. The maximum Gasteiger partial charge on any atom is 0.142 e. The Bertz CT molecular complexity index is 569. The van der Waals surface area contributed by atoms with Crippen LogP contribution in [0.5, 0.6) is 11.5 Å². The van der Waals surface area contributed by atoms with Crippen molar-refractivity contribution in [2.24, 2.45) is 0 Å². The lowest BCUT2D eigenvalue weighted by Gasteiger charge is -2.18. The summed E-state index contributed by atoms with van der Waals surface area (Å²) in [5, 5.41) is 3.39. The molecule has 1 unspecified atom stereocenters. The highest BCUT2D eigenvalue weighted by atomic mass is 16.5. The summed E-state index contributed by atoms with van der Waals surface area (Å²) in [6.45, 7) is 7.48. The van der Waals surface area contributed by atoms with Gasteiger partial charge >= 0.3 is 0 Å². The lowest BCUT2D eigenvalue weighted by atomic mass is 10.2. The Morgan fingerprint density at radius 1 is 1.00 bits per heavy atom. The summed E-state index contributed by atoms with van der Waals surface area (Å²) >= 11 is 0. The van der Waals surface area contributed by atoms with Crippen molar-refractivity contribution in [2.45, 2.75) is 26.9 Å². The number of ether oxygens (including phenoxy) is 2. The molecule has 0 saturated heterocycles. The Hall–Kier alpha value is -2.16. The van der Waals surface area contributed by atoms with E-state index in [-0.39, 0.29) is 6.10 Å². The normalized spacial score (nSPS) is 11.8. The topological polar surface area (TPSA) is 30.5 Å². The first-order valence-corrected chi connectivity index (χ1v) is 7.38. The summed E-state index contributed by atoms with van der Waals surface area (Å²) in [5.74, 6) is 1.81. The average molecular weight is 285 g/mol. The van der Waals surface area contributed by atoms with Gasteiger partial charge in [-0.05, 0) is 44.5 Å². The molecule has 0 amide bonds. The zero-order valence-electron chi connectivity index (χ0n) is 12.9. The molecule has 2 rings (SSSR count). The monoisotopic (exact) mass is 285 g/mol. The Labute approximate surface area is 126 Å². The van der Waals surface area contributed by atoms with Gasteiger partial charge < -0.3 is 14.8 Å². The molecule has 1 atom stereocenters. The number of para-hydroxylation sites is 3. The molecule has 112 valence electrons. The Morgan fingerprint density at radius 3 is 2.38 bits per heavy atom. The summed E-state index contributed by atoms with van der Waals surface area (Å²) < 4.78 is 11.6. The van der Waals surface area contributed by atoms with Crippen LogP contribution in [0.15, 0.2) is 48.5 Å². The first-order chi connectivity index (χ1) is 10.2. The van der Waals surface area contributed by atoms with E-state index in [4.69, 9.17) is 9.47 Å². The molecular formula is C18H23NO2. The summed E-state index contributed by atoms with van der Waals surface area (Å²) in [6, 6.07) is 16.0. The van der Waals surface area contributed by atoms with Crippen LogP contribution in [0.3, 0.4) is 0 Å². The lowest BCUT2D eigenvalue weighted by Crippen LogP contribution is -2.23. The predicted molar refractivity (Wildman–Crippen MR) is 87.4 cm³/mol. The number of nitrogens with one attached hydrogen (secondary N) is 1. The third kappa shape index (κ3) is 4.42. The van der Waals surface area contributed by atoms with Crippen LogP contribution in [0.1, 0.15) is 19.4 Å². The van der Waals surface area contributed by atoms with Gasteiger partial charge in [0, 0.05) is 0 Å². The number of aryl methyl sites for hydroxylation is 1. The standard InChI is InChI=1S/C18H23NO2/c1-4-20-18-12-8-6-10-16(18)19-13-15(3)21-17-11-7-5-9-14(17)2/h5-12,15,19H,4,13H2,1-3H3. The second-order valence-electron chi connectivity index (χ2n) is 5.00. The van der Waals surface area contributed by atoms with E-state index in [1.807, 2.05) is 49.4 Å². The number of anilines is 1. The third-order valence-corrected chi connectivity index (χ3v) is 3.19. The molecule has 0 radical (unpaired) electrons. The molecule has 0 aliphatic heterocycles. The molecular weight excluding hydrogens is 262 g/mol. The van der Waals surface area contributed by atoms with Crippen molar-refractivity contribution < 1.29 is 9.47 Å². The van der Waals surface area contributed by atoms with Crippen LogP contribution in [-0.4, -0.2) is 19.3 Å². The van der Waals surface area contributed by atoms with Gasteiger partial charge in [-0.15, -0.1) is 0 Å². The van der Waals surface area contributed by atoms with Gasteiger partial charge in [0.25, 0.3) is 0 Å². The van der Waals surface area contributed by atoms with Crippen molar-refractivity contribution in [3.05, 3.63) is 54.1 Å². The first kappa shape index (κ1) is 15.2. The molecule has 0 saturated carbocycles. The van der Waals surface area contributed by atoms with Crippen LogP contribution in [-0.2, 0) is 0 Å². The number of hydrogen-bond donors (Lipinski definition) is 1. The first-order valence-electron chi connectivity index (χ1n) is 7.38. The molecule has 0 aliphatic rings. The summed E-state index contributed by atoms with van der Waals surface area (Å²) in [4.78, 5) is 0. The summed E-state index contributed by atoms with van der Waals surface area (Å²) in [7, 11) is 0. The molecule has 0 aliphatic carbocycles. The minimum atomic E-state index is 0.0702. The van der Waals surface area contributed by atoms with Crippen molar-refractivity contribution in [3.63, 3.8) is 0 Å². The van der Waals surface area contributed by atoms with Crippen LogP contribution in [0.2, 0.25) is 0 Å². The van der Waals surface area contributed by atoms with Gasteiger partial charge in [-0.3, -0.25) is 0 Å². The van der Waals surface area contributed by atoms with Gasteiger partial charge in [0.1, 0.15) is 17.6 Å². The molecule has 0 fully saturated rings. The van der Waals surface area contributed by atoms with Crippen LogP contribution >= 0.6 is 0 Å². The Kier molecular flexibility index (Phi) is 5.50. The molecule has 21 heavy (non-hydrogen) atoms. The maximum absolute atomic E-state index is 5.96. The zero-order valence-corrected chi connectivity index (χ0v) is 12.9. The van der Waals surface area contributed by atoms with E-state index in [0.29, 0.717) is 6.61 Å². The van der Waals surface area contributed by atoms with Crippen molar-refractivity contribution in [2.75, 3.05) is 18.5 Å². The largest absolute Gasteiger partial charge is 0.492 e. The van der Waals surface area contributed by atoms with E-state index >= 15 is 0 Å². The second kappa shape index (κ2) is 7.58. The van der Waals surface area contributed by atoms with Gasteiger partial charge in [0.2, 0.25) is 0 Å². The number of hydrogen-bond acceptors (Lipinski definition) is 3. The quantitative estimate of drug-likeness (QED) is 0.824. The fraction of sp³-hybridized carbons (Fsp3) is 0.333. The van der Waals surface area contributed by atoms with Gasteiger partial charge in [-0.2, -0.15) is 0 Å². The molecule has 3 nitrogen and oxygen atoms in total. The molecule has 0 spiro atoms. The van der Waals surface area contributed by atoms with E-state index in [1.165, 1.54) is 0 Å². The van der Waals surface area contributed by atoms with E-state index in [1.54, 1.807) is 0 Å². The van der Waals surface area contributed by atoms with Crippen molar-refractivity contribution >= 4 is 5.69 Å². The minimum Gasteiger partial charge on any atom is -0.492 e. The second-order valence-corrected chi connectivity index (χ2v) is 5.00. The number of rotatable bonds is 7. The van der Waals surface area contributed by atoms with Gasteiger partial charge in [-0.25, -0.2) is 0 Å². The van der Waals surface area contributed by atoms with Crippen molar-refractivity contribution in [1.82, 2.24) is 0 Å². The Balaban J connectivity index is 1.92. The summed E-state index contributed by atoms with van der Waals surface area (Å²) in [5.41, 5.74) is 2.15. The highest BCUT2D eigenvalue weighted by molar-refractivity contribution is 5.56. The fourth-order valence-electron chi connectivity index (χ4n) is 2.09. The van der Waals surface area contributed by atoms with E-state index in [2.05, 4.69) is 25.2 Å². The average Bonchev–Trinajstić information content (AvgIpc) is 2.49. The van der Waals surface area contributed by atoms with Crippen LogP contribution in [0.4, 0.5) is 5.69 Å². The van der Waals surface area contributed by atoms with E-state index < -0.39 is 0 Å². The van der Waals surface area contributed by atoms with Gasteiger partial charge in [0.15, 0.2) is 0 Å². The highest BCUT2D eigenvalue weighted by Gasteiger charge is 2.08. The number of benzene rings is 2. The lowest BCUT2D eigenvalue weighted by molar-refractivity contribution is 0.233. The SMILES string of the molecule is CCOc1ccccc1NCC(C)Oc1ccccc1C. The summed E-state index contributed by atoms with van der Waals surface area (Å²) in [6.07, 6.45) is 0.0702. The van der Waals surface area contributed by atoms with Gasteiger partial charge in [0.05, 0.1) is 18.8 Å². The molecule has 3 heteroatoms. The van der Waals surface area contributed by atoms with Crippen molar-refractivity contribution in [3.8, 4) is 11.5 Å². The highest BCUT2D eigenvalue weighted by Crippen LogP contribution is 2.24. The zero-order chi connectivity index (χ0) is 15.1. The molecule has 0 bridgehead atoms. The molecule has 0 aromatic heterocycles. The minimum absolute atomic E-state index is 0.0702. The van der Waals surface area contributed by atoms with Crippen molar-refractivity contribution in [1.29, 1.82) is 0 Å². The Morgan fingerprint density at radius 2 is 1.67 bits per heavy atom. The smallest absolute Gasteiger partial charge is 0.142 e. The van der Waals surface area contributed by atoms with Gasteiger partial charge in [-0.1, -0.05) is 30.3 Å². The molecule has 2 aromatic rings. The van der Waals surface area contributed by atoms with Crippen LogP contribution in [0, 0.1) is 6.92 Å². The predicted octanol–water partition coefficient (Wildman–Crippen LogP) is 4.27. The maximum atomic E-state index is 5.96. The van der Waals surface area contributed by atoms with Crippen LogP contribution in [0.25, 0.3) is 0 Å². The van der Waals surface area contributed by atoms with E-state index in [0.717, 1.165) is 29.3 Å². The van der Waals surface area contributed by atoms with E-state index in [9.17, 15) is 0 Å². The molecule has 0 heterocycles. The molecule has 1 N–H and O–H groups in total. The van der Waals surface area contributed by atoms with Crippen LogP contribution < -0.4 is 14.8 Å². The molecule has 2 aromatic carbocycles. The fourth-order valence-corrected chi connectivity index (χ4v) is 2.09.